The van der Waals surface area contributed by atoms with Gasteiger partial charge < -0.3 is 15.2 Å². The average molecular weight is 376 g/mol. The van der Waals surface area contributed by atoms with Crippen molar-refractivity contribution in [2.24, 2.45) is 0 Å². The number of hydrogen-bond acceptors (Lipinski definition) is 7. The van der Waals surface area contributed by atoms with Crippen LogP contribution in [-0.2, 0) is 4.79 Å². The summed E-state index contributed by atoms with van der Waals surface area (Å²) in [5.41, 5.74) is 1.69. The number of carbonyl (C=O) groups excluding carboxylic acids is 1. The molecule has 2 N–H and O–H groups in total. The zero-order valence-corrected chi connectivity index (χ0v) is 15.2. The number of hydrogen-bond donors (Lipinski definition) is 2. The lowest BCUT2D eigenvalue weighted by atomic mass is 9.93. The Morgan fingerprint density at radius 2 is 1.89 bits per heavy atom. The minimum absolute atomic E-state index is 0.00299. The van der Waals surface area contributed by atoms with E-state index in [4.69, 9.17) is 0 Å². The Morgan fingerprint density at radius 3 is 2.64 bits per heavy atom. The average Bonchev–Trinajstić information content (AvgIpc) is 3.27. The van der Waals surface area contributed by atoms with E-state index in [-0.39, 0.29) is 11.8 Å². The van der Waals surface area contributed by atoms with E-state index in [1.54, 1.807) is 55.5 Å². The van der Waals surface area contributed by atoms with Crippen molar-refractivity contribution in [3.63, 3.8) is 0 Å². The van der Waals surface area contributed by atoms with Crippen LogP contribution in [0.1, 0.15) is 30.1 Å². The fraction of sp³-hybridized carbons (Fsp3) is 0.263. The number of rotatable bonds is 5. The number of imidazole rings is 1. The molecular weight excluding hydrogens is 356 g/mol. The molecule has 1 fully saturated rings. The summed E-state index contributed by atoms with van der Waals surface area (Å²) in [5, 5.41) is 3.14. The Bertz CT molecular complexity index is 934. The molecule has 3 aromatic rings. The van der Waals surface area contributed by atoms with Crippen LogP contribution in [0.2, 0.25) is 0 Å². The van der Waals surface area contributed by atoms with Crippen molar-refractivity contribution in [3.8, 4) is 0 Å². The Balaban J connectivity index is 1.39. The highest BCUT2D eigenvalue weighted by atomic mass is 16.2. The molecule has 1 saturated heterocycles. The highest BCUT2D eigenvalue weighted by Gasteiger charge is 2.26. The number of piperidine rings is 1. The molecule has 4 rings (SSSR count). The van der Waals surface area contributed by atoms with Gasteiger partial charge in [0.2, 0.25) is 11.9 Å². The quantitative estimate of drug-likeness (QED) is 0.656. The Labute approximate surface area is 162 Å². The number of amides is 1. The maximum Gasteiger partial charge on any atom is 0.246 e. The third-order valence-electron chi connectivity index (χ3n) is 4.64. The second-order valence-corrected chi connectivity index (χ2v) is 6.43. The highest BCUT2D eigenvalue weighted by molar-refractivity contribution is 5.91. The lowest BCUT2D eigenvalue weighted by molar-refractivity contribution is -0.126. The predicted octanol–water partition coefficient (Wildman–Crippen LogP) is 2.15. The number of anilines is 2. The van der Waals surface area contributed by atoms with Crippen molar-refractivity contribution >= 4 is 23.7 Å². The first-order chi connectivity index (χ1) is 13.8. The summed E-state index contributed by atoms with van der Waals surface area (Å²) in [6.45, 7) is 1.35. The molecule has 0 aliphatic carbocycles. The third kappa shape index (κ3) is 4.20. The summed E-state index contributed by atoms with van der Waals surface area (Å²) in [6.07, 6.45) is 14.9. The van der Waals surface area contributed by atoms with Crippen molar-refractivity contribution in [2.45, 2.75) is 18.8 Å². The van der Waals surface area contributed by atoms with Crippen LogP contribution in [0.5, 0.6) is 0 Å². The molecule has 0 radical (unpaired) electrons. The topological polar surface area (TPSA) is 113 Å². The number of nitrogens with one attached hydrogen (secondary N) is 2. The van der Waals surface area contributed by atoms with Crippen LogP contribution in [-0.4, -0.2) is 53.8 Å². The number of carbonyl (C=O) groups is 1. The highest BCUT2D eigenvalue weighted by Crippen LogP contribution is 2.31. The molecule has 4 heterocycles. The van der Waals surface area contributed by atoms with Gasteiger partial charge in [-0.1, -0.05) is 0 Å². The summed E-state index contributed by atoms with van der Waals surface area (Å²) in [4.78, 5) is 38.4. The monoisotopic (exact) mass is 376 g/mol. The van der Waals surface area contributed by atoms with Crippen LogP contribution in [0.25, 0.3) is 6.08 Å². The first-order valence-electron chi connectivity index (χ1n) is 9.10. The number of H-pyrrole nitrogens is 1. The first kappa shape index (κ1) is 17.8. The molecule has 1 amide bonds. The van der Waals surface area contributed by atoms with Crippen molar-refractivity contribution in [3.05, 3.63) is 60.8 Å². The zero-order chi connectivity index (χ0) is 19.2. The van der Waals surface area contributed by atoms with Gasteiger partial charge in [0.15, 0.2) is 5.82 Å². The van der Waals surface area contributed by atoms with E-state index >= 15 is 0 Å². The molecule has 0 aromatic carbocycles. The van der Waals surface area contributed by atoms with Gasteiger partial charge in [0.05, 0.1) is 23.9 Å². The molecule has 1 aliphatic heterocycles. The lowest BCUT2D eigenvalue weighted by Gasteiger charge is -2.31. The molecule has 3 aromatic heterocycles. The second-order valence-electron chi connectivity index (χ2n) is 6.43. The van der Waals surface area contributed by atoms with Crippen molar-refractivity contribution in [1.82, 2.24) is 34.8 Å². The van der Waals surface area contributed by atoms with Gasteiger partial charge in [-0.2, -0.15) is 0 Å². The SMILES string of the molecule is O=C(C=Cc1cnc[nH]1)N1CCC(c2nccnc2Nc2ncccn2)CC1. The van der Waals surface area contributed by atoms with E-state index in [1.165, 1.54) is 0 Å². The summed E-state index contributed by atoms with van der Waals surface area (Å²) < 4.78 is 0. The van der Waals surface area contributed by atoms with Crippen LogP contribution >= 0.6 is 0 Å². The number of aromatic amines is 1. The summed E-state index contributed by atoms with van der Waals surface area (Å²) in [6, 6.07) is 1.76. The number of aromatic nitrogens is 6. The summed E-state index contributed by atoms with van der Waals surface area (Å²) in [5.74, 6) is 1.38. The Kier molecular flexibility index (Phi) is 5.32. The molecule has 9 heteroatoms. The minimum Gasteiger partial charge on any atom is -0.345 e. The van der Waals surface area contributed by atoms with Crippen LogP contribution in [0, 0.1) is 0 Å². The van der Waals surface area contributed by atoms with E-state index in [0.29, 0.717) is 24.9 Å². The molecule has 142 valence electrons. The zero-order valence-electron chi connectivity index (χ0n) is 15.2. The molecule has 0 saturated carbocycles. The summed E-state index contributed by atoms with van der Waals surface area (Å²) in [7, 11) is 0. The fourth-order valence-corrected chi connectivity index (χ4v) is 3.21. The number of nitrogens with zero attached hydrogens (tertiary/aromatic N) is 6. The Morgan fingerprint density at radius 1 is 1.11 bits per heavy atom. The van der Waals surface area contributed by atoms with Crippen LogP contribution in [0.4, 0.5) is 11.8 Å². The molecule has 0 bridgehead atoms. The molecule has 0 unspecified atom stereocenters. The van der Waals surface area contributed by atoms with E-state index in [2.05, 4.69) is 35.2 Å². The summed E-state index contributed by atoms with van der Waals surface area (Å²) >= 11 is 0. The molecule has 9 nitrogen and oxygen atoms in total. The van der Waals surface area contributed by atoms with Gasteiger partial charge in [-0.3, -0.25) is 9.78 Å². The van der Waals surface area contributed by atoms with Gasteiger partial charge in [-0.25, -0.2) is 19.9 Å². The number of likely N-dealkylation sites (tertiary alicyclic amines) is 1. The Hall–Kier alpha value is -3.62. The van der Waals surface area contributed by atoms with E-state index in [0.717, 1.165) is 24.2 Å². The normalized spacial score (nSPS) is 15.1. The van der Waals surface area contributed by atoms with Crippen LogP contribution in [0.3, 0.4) is 0 Å². The van der Waals surface area contributed by atoms with Crippen molar-refractivity contribution < 1.29 is 4.79 Å². The minimum atomic E-state index is 0.00299. The van der Waals surface area contributed by atoms with Gasteiger partial charge in [-0.15, -0.1) is 0 Å². The van der Waals surface area contributed by atoms with E-state index < -0.39 is 0 Å². The molecule has 0 atom stereocenters. The largest absolute Gasteiger partial charge is 0.345 e. The first-order valence-corrected chi connectivity index (χ1v) is 9.10. The smallest absolute Gasteiger partial charge is 0.246 e. The molecule has 0 spiro atoms. The van der Waals surface area contributed by atoms with Gasteiger partial charge in [0.25, 0.3) is 0 Å². The second kappa shape index (κ2) is 8.38. The fourth-order valence-electron chi connectivity index (χ4n) is 3.21. The lowest BCUT2D eigenvalue weighted by Crippen LogP contribution is -2.37. The molecular formula is C19H20N8O. The predicted molar refractivity (Wildman–Crippen MR) is 104 cm³/mol. The van der Waals surface area contributed by atoms with Crippen molar-refractivity contribution in [1.29, 1.82) is 0 Å². The van der Waals surface area contributed by atoms with E-state index in [1.807, 2.05) is 4.90 Å². The van der Waals surface area contributed by atoms with Gasteiger partial charge in [-0.05, 0) is 25.0 Å². The van der Waals surface area contributed by atoms with Crippen molar-refractivity contribution in [2.75, 3.05) is 18.4 Å². The van der Waals surface area contributed by atoms with Gasteiger partial charge in [0.1, 0.15) is 0 Å². The van der Waals surface area contributed by atoms with Gasteiger partial charge >= 0.3 is 0 Å². The maximum absolute atomic E-state index is 12.4. The van der Waals surface area contributed by atoms with E-state index in [9.17, 15) is 4.79 Å². The third-order valence-corrected chi connectivity index (χ3v) is 4.64. The standard InChI is InChI=1S/C19H20N8O/c28-16(3-2-15-12-20-13-25-15)27-10-4-14(5-11-27)17-18(22-9-8-21-17)26-19-23-6-1-7-24-19/h1-3,6-9,12-14H,4-5,10-11H2,(H,20,25)(H,22,23,24,26). The van der Waals surface area contributed by atoms with Crippen LogP contribution < -0.4 is 5.32 Å². The van der Waals surface area contributed by atoms with Crippen LogP contribution in [0.15, 0.2) is 49.5 Å². The maximum atomic E-state index is 12.4. The molecule has 28 heavy (non-hydrogen) atoms. The molecule has 1 aliphatic rings. The van der Waals surface area contributed by atoms with Gasteiger partial charge in [0, 0.05) is 49.9 Å².